The van der Waals surface area contributed by atoms with Gasteiger partial charge in [-0.2, -0.15) is 13.2 Å². The molecule has 7 rings (SSSR count). The Morgan fingerprint density at radius 1 is 1.11 bits per heavy atom. The Kier molecular flexibility index (Phi) is 9.70. The normalized spacial score (nSPS) is 27.5. The molecule has 5 atom stereocenters. The second kappa shape index (κ2) is 13.9. The van der Waals surface area contributed by atoms with Crippen molar-refractivity contribution < 1.29 is 45.1 Å². The van der Waals surface area contributed by atoms with Gasteiger partial charge in [-0.15, -0.1) is 0 Å². The fraction of sp³-hybridized carbons (Fsp3) is 0.500. The molecule has 0 unspecified atom stereocenters. The number of allylic oxidation sites excluding steroid dienone is 1. The first kappa shape index (κ1) is 37.1. The van der Waals surface area contributed by atoms with E-state index in [1.165, 1.54) is 16.2 Å². The van der Waals surface area contributed by atoms with Crippen molar-refractivity contribution >= 4 is 55.0 Å². The highest BCUT2D eigenvalue weighted by Crippen LogP contribution is 2.47. The van der Waals surface area contributed by atoms with Gasteiger partial charge in [-0.25, -0.2) is 17.8 Å². The SMILES string of the molecule is CC1(S(=O)(=O)NC(=O)[C@@]23C[C@H]2C=CCCCCC[C@H](Nc2ccc(F)c(C(F)(F)F)c2)C(=O)N2C[C@H](Oc4nc5ccccc5s4)C[C@H]2C(=O)N3)CC1. The Labute approximate surface area is 307 Å². The van der Waals surface area contributed by atoms with Crippen molar-refractivity contribution in [3.63, 3.8) is 0 Å². The van der Waals surface area contributed by atoms with Crippen LogP contribution in [0.5, 0.6) is 5.19 Å². The number of nitrogens with zero attached hydrogens (tertiary/aromatic N) is 2. The molecule has 0 bridgehead atoms. The Bertz CT molecular complexity index is 2040. The summed E-state index contributed by atoms with van der Waals surface area (Å²) in [7, 11) is -4.03. The van der Waals surface area contributed by atoms with Gasteiger partial charge < -0.3 is 20.3 Å². The quantitative estimate of drug-likeness (QED) is 0.205. The summed E-state index contributed by atoms with van der Waals surface area (Å²) in [5.74, 6) is -4.10. The average molecular weight is 778 g/mol. The van der Waals surface area contributed by atoms with Crippen LogP contribution in [-0.4, -0.2) is 71.0 Å². The number of rotatable bonds is 7. The molecule has 3 fully saturated rings. The molecule has 2 aliphatic carbocycles. The summed E-state index contributed by atoms with van der Waals surface area (Å²) in [6.07, 6.45) is 1.59. The lowest BCUT2D eigenvalue weighted by molar-refractivity contribution is -0.140. The molecule has 2 aromatic carbocycles. The zero-order valence-corrected chi connectivity index (χ0v) is 30.4. The van der Waals surface area contributed by atoms with Crippen molar-refractivity contribution in [3.05, 3.63) is 66.0 Å². The molecule has 0 radical (unpaired) electrons. The molecule has 53 heavy (non-hydrogen) atoms. The van der Waals surface area contributed by atoms with Crippen LogP contribution in [0.3, 0.4) is 0 Å². The predicted octanol–water partition coefficient (Wildman–Crippen LogP) is 5.68. The minimum atomic E-state index is -4.97. The lowest BCUT2D eigenvalue weighted by atomic mass is 10.0. The zero-order valence-electron chi connectivity index (χ0n) is 28.7. The summed E-state index contributed by atoms with van der Waals surface area (Å²) in [4.78, 5) is 48.3. The molecule has 3 N–H and O–H groups in total. The third-order valence-corrected chi connectivity index (χ3v) is 13.7. The first-order chi connectivity index (χ1) is 25.1. The molecule has 1 aromatic heterocycles. The number of fused-ring (bicyclic) bond motifs is 3. The number of hydrogen-bond donors (Lipinski definition) is 3. The third-order valence-electron chi connectivity index (χ3n) is 10.6. The van der Waals surface area contributed by atoms with Gasteiger partial charge in [0.05, 0.1) is 27.1 Å². The van der Waals surface area contributed by atoms with Crippen LogP contribution in [0, 0.1) is 11.7 Å². The second-order valence-corrected chi connectivity index (χ2v) is 17.7. The zero-order chi connectivity index (χ0) is 37.8. The molecule has 17 heteroatoms. The number of carbonyl (C=O) groups excluding carboxylic acids is 3. The van der Waals surface area contributed by atoms with Gasteiger partial charge >= 0.3 is 6.18 Å². The van der Waals surface area contributed by atoms with Gasteiger partial charge in [-0.3, -0.25) is 19.1 Å². The number of carbonyl (C=O) groups is 3. The van der Waals surface area contributed by atoms with Crippen LogP contribution >= 0.6 is 11.3 Å². The van der Waals surface area contributed by atoms with Crippen LogP contribution in [0.4, 0.5) is 23.2 Å². The first-order valence-electron chi connectivity index (χ1n) is 17.6. The molecular formula is C36H39F4N5O6S2. The van der Waals surface area contributed by atoms with E-state index in [1.54, 1.807) is 13.0 Å². The molecule has 2 saturated carbocycles. The molecule has 284 valence electrons. The number of para-hydroxylation sites is 1. The van der Waals surface area contributed by atoms with E-state index in [4.69, 9.17) is 4.74 Å². The second-order valence-electron chi connectivity index (χ2n) is 14.5. The van der Waals surface area contributed by atoms with E-state index in [-0.39, 0.29) is 31.5 Å². The third kappa shape index (κ3) is 7.59. The van der Waals surface area contributed by atoms with Crippen molar-refractivity contribution in [3.8, 4) is 5.19 Å². The summed E-state index contributed by atoms with van der Waals surface area (Å²) in [6.45, 7) is 1.46. The Morgan fingerprint density at radius 2 is 1.89 bits per heavy atom. The van der Waals surface area contributed by atoms with E-state index in [1.807, 2.05) is 30.3 Å². The molecule has 3 amide bonds. The summed E-state index contributed by atoms with van der Waals surface area (Å²) < 4.78 is 89.3. The molecule has 0 spiro atoms. The summed E-state index contributed by atoms with van der Waals surface area (Å²) in [5.41, 5.74) is -2.48. The number of benzene rings is 2. The molecule has 3 heterocycles. The number of nitrogens with one attached hydrogen (secondary N) is 3. The van der Waals surface area contributed by atoms with Crippen LogP contribution in [0.2, 0.25) is 0 Å². The predicted molar refractivity (Wildman–Crippen MR) is 189 cm³/mol. The maximum atomic E-state index is 14.5. The van der Waals surface area contributed by atoms with Crippen molar-refractivity contribution in [2.45, 2.75) is 99.4 Å². The van der Waals surface area contributed by atoms with Crippen LogP contribution in [0.1, 0.15) is 70.3 Å². The van der Waals surface area contributed by atoms with Gasteiger partial charge in [0.25, 0.3) is 11.1 Å². The summed E-state index contributed by atoms with van der Waals surface area (Å²) in [6, 6.07) is 7.50. The number of sulfonamides is 1. The number of hydrogen-bond acceptors (Lipinski definition) is 9. The number of aromatic nitrogens is 1. The minimum absolute atomic E-state index is 0.0104. The minimum Gasteiger partial charge on any atom is -0.465 e. The molecule has 3 aromatic rings. The molecule has 2 aliphatic heterocycles. The maximum absolute atomic E-state index is 14.5. The number of ether oxygens (including phenoxy) is 1. The molecule has 1 saturated heterocycles. The van der Waals surface area contributed by atoms with E-state index in [9.17, 15) is 40.4 Å². The average Bonchev–Trinajstić information content (AvgIpc) is 3.91. The highest BCUT2D eigenvalue weighted by Gasteiger charge is 2.63. The van der Waals surface area contributed by atoms with Crippen LogP contribution in [0.25, 0.3) is 10.2 Å². The fourth-order valence-corrected chi connectivity index (χ4v) is 9.22. The number of amides is 3. The molecular weight excluding hydrogens is 739 g/mol. The van der Waals surface area contributed by atoms with E-state index in [0.717, 1.165) is 10.8 Å². The van der Waals surface area contributed by atoms with E-state index in [2.05, 4.69) is 20.3 Å². The monoisotopic (exact) mass is 777 g/mol. The van der Waals surface area contributed by atoms with E-state index < -0.39 is 79.7 Å². The standard InChI is InChI=1S/C36H39F4N5O6S2/c1-34(15-16-34)53(49,50)44-32(48)35-19-21(35)9-5-3-2-4-6-11-27(41-22-13-14-25(37)24(17-22)36(38,39)40)31(47)45-20-23(18-28(45)30(46)43-35)51-33-42-26-10-7-8-12-29(26)52-33/h5,7-10,12-14,17,21,23,27-28,41H,2-4,6,11,15-16,18-20H2,1H3,(H,43,46)(H,44,48)/t21-,23-,27+,28+,35-/m1/s1. The lowest BCUT2D eigenvalue weighted by Crippen LogP contribution is -2.58. The van der Waals surface area contributed by atoms with Gasteiger partial charge in [-0.05, 0) is 75.8 Å². The maximum Gasteiger partial charge on any atom is 0.419 e. The van der Waals surface area contributed by atoms with Crippen molar-refractivity contribution in [2.75, 3.05) is 11.9 Å². The Morgan fingerprint density at radius 3 is 2.62 bits per heavy atom. The van der Waals surface area contributed by atoms with Crippen LogP contribution in [-0.2, 0) is 30.6 Å². The van der Waals surface area contributed by atoms with Crippen LogP contribution < -0.4 is 20.1 Å². The number of halogens is 4. The largest absolute Gasteiger partial charge is 0.465 e. The van der Waals surface area contributed by atoms with E-state index in [0.29, 0.717) is 61.4 Å². The van der Waals surface area contributed by atoms with E-state index >= 15 is 0 Å². The van der Waals surface area contributed by atoms with Gasteiger partial charge in [0.15, 0.2) is 0 Å². The van der Waals surface area contributed by atoms with Gasteiger partial charge in [0.2, 0.25) is 21.8 Å². The Hall–Kier alpha value is -4.25. The fourth-order valence-electron chi connectivity index (χ4n) is 7.02. The van der Waals surface area contributed by atoms with Crippen molar-refractivity contribution in [1.82, 2.24) is 19.9 Å². The molecule has 4 aliphatic rings. The highest BCUT2D eigenvalue weighted by molar-refractivity contribution is 7.91. The topological polar surface area (TPSA) is 147 Å². The van der Waals surface area contributed by atoms with Crippen molar-refractivity contribution in [2.24, 2.45) is 5.92 Å². The van der Waals surface area contributed by atoms with Gasteiger partial charge in [0, 0.05) is 18.0 Å². The lowest BCUT2D eigenvalue weighted by Gasteiger charge is -2.30. The summed E-state index contributed by atoms with van der Waals surface area (Å²) >= 11 is 1.29. The number of thiazole rings is 1. The van der Waals surface area contributed by atoms with Crippen molar-refractivity contribution in [1.29, 1.82) is 0 Å². The first-order valence-corrected chi connectivity index (χ1v) is 19.9. The van der Waals surface area contributed by atoms with Gasteiger partial charge in [0.1, 0.15) is 29.5 Å². The highest BCUT2D eigenvalue weighted by atomic mass is 32.2. The number of anilines is 1. The van der Waals surface area contributed by atoms with Gasteiger partial charge in [-0.1, -0.05) is 48.5 Å². The Balaban J connectivity index is 1.20. The smallest absolute Gasteiger partial charge is 0.419 e. The molecule has 11 nitrogen and oxygen atoms in total. The number of alkyl halides is 3. The summed E-state index contributed by atoms with van der Waals surface area (Å²) in [5, 5.41) is 6.00. The van der Waals surface area contributed by atoms with Crippen LogP contribution in [0.15, 0.2) is 54.6 Å².